The Kier molecular flexibility index (Phi) is 6.74. The Morgan fingerprint density at radius 3 is 2.59 bits per heavy atom. The second kappa shape index (κ2) is 9.24. The largest absolute Gasteiger partial charge is 0.497 e. The van der Waals surface area contributed by atoms with Gasteiger partial charge in [-0.1, -0.05) is 15.9 Å². The van der Waals surface area contributed by atoms with Crippen molar-refractivity contribution in [3.63, 3.8) is 0 Å². The molecule has 1 saturated heterocycles. The van der Waals surface area contributed by atoms with Gasteiger partial charge in [-0.3, -0.25) is 9.69 Å². The fraction of sp³-hybridized carbons (Fsp3) is 0.381. The molecule has 2 aromatic carbocycles. The van der Waals surface area contributed by atoms with E-state index in [0.717, 1.165) is 54.1 Å². The van der Waals surface area contributed by atoms with Crippen molar-refractivity contribution in [2.24, 2.45) is 0 Å². The van der Waals surface area contributed by atoms with Crippen molar-refractivity contribution in [2.75, 3.05) is 50.1 Å². The lowest BCUT2D eigenvalue weighted by Gasteiger charge is -2.23. The van der Waals surface area contributed by atoms with E-state index in [2.05, 4.69) is 43.2 Å². The van der Waals surface area contributed by atoms with E-state index in [1.807, 2.05) is 37.3 Å². The number of nitrogens with zero attached hydrogens (tertiary/aromatic N) is 2. The third kappa shape index (κ3) is 5.47. The van der Waals surface area contributed by atoms with Gasteiger partial charge in [0.05, 0.1) is 13.7 Å². The van der Waals surface area contributed by atoms with Crippen LogP contribution in [-0.4, -0.2) is 50.6 Å². The molecule has 0 radical (unpaired) electrons. The van der Waals surface area contributed by atoms with Crippen LogP contribution in [-0.2, 0) is 4.79 Å². The average Bonchev–Trinajstić information content (AvgIpc) is 2.90. The van der Waals surface area contributed by atoms with Crippen molar-refractivity contribution in [1.29, 1.82) is 0 Å². The molecule has 1 N–H and O–H groups in total. The van der Waals surface area contributed by atoms with Gasteiger partial charge in [-0.15, -0.1) is 0 Å². The molecule has 144 valence electrons. The van der Waals surface area contributed by atoms with E-state index in [-0.39, 0.29) is 5.91 Å². The standard InChI is InChI=1S/C21H26BrN3O2/c1-16-14-17(22)4-9-20(16)23-21(26)15-24-10-3-11-25(13-12-24)18-5-7-19(27-2)8-6-18/h4-9,14H,3,10-13,15H2,1-2H3,(H,23,26). The van der Waals surface area contributed by atoms with Crippen LogP contribution in [0.4, 0.5) is 11.4 Å². The maximum atomic E-state index is 12.5. The number of benzene rings is 2. The van der Waals surface area contributed by atoms with Crippen molar-refractivity contribution in [3.8, 4) is 5.75 Å². The Morgan fingerprint density at radius 2 is 1.89 bits per heavy atom. The maximum Gasteiger partial charge on any atom is 0.238 e. The van der Waals surface area contributed by atoms with Crippen molar-refractivity contribution < 1.29 is 9.53 Å². The minimum atomic E-state index is 0.0401. The third-order valence-electron chi connectivity index (χ3n) is 4.86. The van der Waals surface area contributed by atoms with Gasteiger partial charge in [0, 0.05) is 42.0 Å². The quantitative estimate of drug-likeness (QED) is 0.778. The maximum absolute atomic E-state index is 12.5. The lowest BCUT2D eigenvalue weighted by molar-refractivity contribution is -0.117. The number of rotatable bonds is 5. The molecule has 5 nitrogen and oxygen atoms in total. The second-order valence-electron chi connectivity index (χ2n) is 6.82. The van der Waals surface area contributed by atoms with E-state index >= 15 is 0 Å². The van der Waals surface area contributed by atoms with Crippen molar-refractivity contribution >= 4 is 33.2 Å². The van der Waals surface area contributed by atoms with Crippen molar-refractivity contribution in [3.05, 3.63) is 52.5 Å². The van der Waals surface area contributed by atoms with Crippen LogP contribution in [0.1, 0.15) is 12.0 Å². The number of ether oxygens (including phenoxy) is 1. The number of halogens is 1. The molecule has 0 aromatic heterocycles. The first-order valence-electron chi connectivity index (χ1n) is 9.22. The van der Waals surface area contributed by atoms with E-state index in [4.69, 9.17) is 4.74 Å². The smallest absolute Gasteiger partial charge is 0.238 e. The summed E-state index contributed by atoms with van der Waals surface area (Å²) in [5.41, 5.74) is 3.13. The van der Waals surface area contributed by atoms with Crippen LogP contribution in [0.25, 0.3) is 0 Å². The molecule has 0 saturated carbocycles. The van der Waals surface area contributed by atoms with Crippen LogP contribution < -0.4 is 15.0 Å². The van der Waals surface area contributed by atoms with Gasteiger partial charge in [0.1, 0.15) is 5.75 Å². The van der Waals surface area contributed by atoms with E-state index in [1.54, 1.807) is 7.11 Å². The molecule has 27 heavy (non-hydrogen) atoms. The molecule has 0 atom stereocenters. The number of carbonyl (C=O) groups is 1. The summed E-state index contributed by atoms with van der Waals surface area (Å²) >= 11 is 3.45. The first-order chi connectivity index (χ1) is 13.0. The van der Waals surface area contributed by atoms with Gasteiger partial charge in [-0.25, -0.2) is 0 Å². The Hall–Kier alpha value is -2.05. The number of hydrogen-bond donors (Lipinski definition) is 1. The molecule has 1 amide bonds. The van der Waals surface area contributed by atoms with Crippen LogP contribution in [0.3, 0.4) is 0 Å². The minimum absolute atomic E-state index is 0.0401. The molecular weight excluding hydrogens is 406 g/mol. The molecule has 1 aliphatic heterocycles. The molecule has 2 aromatic rings. The monoisotopic (exact) mass is 431 g/mol. The lowest BCUT2D eigenvalue weighted by atomic mass is 10.2. The summed E-state index contributed by atoms with van der Waals surface area (Å²) in [4.78, 5) is 17.1. The van der Waals surface area contributed by atoms with Crippen molar-refractivity contribution in [1.82, 2.24) is 4.90 Å². The molecule has 0 aliphatic carbocycles. The minimum Gasteiger partial charge on any atom is -0.497 e. The number of anilines is 2. The summed E-state index contributed by atoms with van der Waals surface area (Å²) in [6, 6.07) is 14.1. The van der Waals surface area contributed by atoms with E-state index in [1.165, 1.54) is 5.69 Å². The summed E-state index contributed by atoms with van der Waals surface area (Å²) < 4.78 is 6.25. The van der Waals surface area contributed by atoms with Gasteiger partial charge in [0.2, 0.25) is 5.91 Å². The predicted octanol–water partition coefficient (Wildman–Crippen LogP) is 3.92. The van der Waals surface area contributed by atoms with Gasteiger partial charge >= 0.3 is 0 Å². The molecule has 1 aliphatic rings. The Morgan fingerprint density at radius 1 is 1.11 bits per heavy atom. The second-order valence-corrected chi connectivity index (χ2v) is 7.74. The van der Waals surface area contributed by atoms with E-state index < -0.39 is 0 Å². The van der Waals surface area contributed by atoms with Gasteiger partial charge < -0.3 is 15.0 Å². The zero-order valence-corrected chi connectivity index (χ0v) is 17.5. The van der Waals surface area contributed by atoms with Crippen LogP contribution >= 0.6 is 15.9 Å². The van der Waals surface area contributed by atoms with Crippen LogP contribution in [0.2, 0.25) is 0 Å². The summed E-state index contributed by atoms with van der Waals surface area (Å²) in [5, 5.41) is 3.03. The molecule has 0 unspecified atom stereocenters. The summed E-state index contributed by atoms with van der Waals surface area (Å²) in [5.74, 6) is 0.911. The molecule has 1 fully saturated rings. The van der Waals surface area contributed by atoms with Gasteiger partial charge in [-0.2, -0.15) is 0 Å². The number of hydrogen-bond acceptors (Lipinski definition) is 4. The van der Waals surface area contributed by atoms with E-state index in [0.29, 0.717) is 6.54 Å². The zero-order valence-electron chi connectivity index (χ0n) is 15.9. The lowest BCUT2D eigenvalue weighted by Crippen LogP contribution is -2.36. The fourth-order valence-corrected chi connectivity index (χ4v) is 3.82. The number of nitrogens with one attached hydrogen (secondary N) is 1. The van der Waals surface area contributed by atoms with Crippen molar-refractivity contribution in [2.45, 2.75) is 13.3 Å². The topological polar surface area (TPSA) is 44.8 Å². The molecular formula is C21H26BrN3O2. The summed E-state index contributed by atoms with van der Waals surface area (Å²) in [7, 11) is 1.68. The number of methoxy groups -OCH3 is 1. The molecule has 0 bridgehead atoms. The highest BCUT2D eigenvalue weighted by Crippen LogP contribution is 2.21. The Balaban J connectivity index is 1.53. The molecule has 1 heterocycles. The fourth-order valence-electron chi connectivity index (χ4n) is 3.34. The van der Waals surface area contributed by atoms with E-state index in [9.17, 15) is 4.79 Å². The van der Waals surface area contributed by atoms with Gasteiger partial charge in [-0.05, 0) is 61.4 Å². The molecule has 6 heteroatoms. The van der Waals surface area contributed by atoms with Crippen LogP contribution in [0, 0.1) is 6.92 Å². The first-order valence-corrected chi connectivity index (χ1v) is 10.0. The highest BCUT2D eigenvalue weighted by Gasteiger charge is 2.18. The number of aryl methyl sites for hydroxylation is 1. The highest BCUT2D eigenvalue weighted by atomic mass is 79.9. The highest BCUT2D eigenvalue weighted by molar-refractivity contribution is 9.10. The summed E-state index contributed by atoms with van der Waals surface area (Å²) in [6.07, 6.45) is 1.04. The third-order valence-corrected chi connectivity index (χ3v) is 5.35. The number of carbonyl (C=O) groups excluding carboxylic acids is 1. The van der Waals surface area contributed by atoms with Crippen LogP contribution in [0.5, 0.6) is 5.75 Å². The zero-order chi connectivity index (χ0) is 19.2. The van der Waals surface area contributed by atoms with Gasteiger partial charge in [0.25, 0.3) is 0 Å². The first kappa shape index (κ1) is 19.7. The van der Waals surface area contributed by atoms with Crippen LogP contribution in [0.15, 0.2) is 46.9 Å². The molecule has 3 rings (SSSR count). The Bertz CT molecular complexity index is 779. The van der Waals surface area contributed by atoms with Gasteiger partial charge in [0.15, 0.2) is 0 Å². The average molecular weight is 432 g/mol. The number of amides is 1. The summed E-state index contributed by atoms with van der Waals surface area (Å²) in [6.45, 7) is 6.14. The SMILES string of the molecule is COc1ccc(N2CCCN(CC(=O)Nc3ccc(Br)cc3C)CC2)cc1. The Labute approximate surface area is 169 Å². The normalized spacial score (nSPS) is 15.3. The molecule has 0 spiro atoms. The predicted molar refractivity (Wildman–Crippen MR) is 114 cm³/mol.